The molecule has 2 N–H and O–H groups in total. The van der Waals surface area contributed by atoms with Crippen LogP contribution in [0.25, 0.3) is 0 Å². The average Bonchev–Trinajstić information content (AvgIpc) is 3.05. The summed E-state index contributed by atoms with van der Waals surface area (Å²) in [6, 6.07) is 6.36. The number of nitrogens with two attached hydrogens (primary N) is 1. The quantitative estimate of drug-likeness (QED) is 0.909. The van der Waals surface area contributed by atoms with Gasteiger partial charge in [-0.1, -0.05) is 6.07 Å². The number of nitrogens with zero attached hydrogens (tertiary/aromatic N) is 2. The van der Waals surface area contributed by atoms with Crippen LogP contribution in [0.15, 0.2) is 18.2 Å². The molecule has 1 aromatic carbocycles. The largest absolute Gasteiger partial charge is 0.351 e. The Kier molecular flexibility index (Phi) is 4.51. The van der Waals surface area contributed by atoms with Crippen LogP contribution in [0.5, 0.6) is 0 Å². The number of hydrogen-bond acceptors (Lipinski definition) is 2. The van der Waals surface area contributed by atoms with E-state index in [1.165, 1.54) is 12.1 Å². The van der Waals surface area contributed by atoms with Crippen LogP contribution in [0.1, 0.15) is 49.1 Å². The zero-order valence-corrected chi connectivity index (χ0v) is 13.2. The number of carbonyl (C=O) groups is 1. The molecule has 23 heavy (non-hydrogen) atoms. The minimum atomic E-state index is -0.350. The average molecular weight is 315 g/mol. The van der Waals surface area contributed by atoms with E-state index < -0.39 is 0 Å². The lowest BCUT2D eigenvalue weighted by molar-refractivity contribution is 0.205. The summed E-state index contributed by atoms with van der Waals surface area (Å²) in [4.78, 5) is 13.0. The van der Waals surface area contributed by atoms with Crippen LogP contribution in [0.4, 0.5) is 9.18 Å². The van der Waals surface area contributed by atoms with Crippen molar-refractivity contribution in [3.63, 3.8) is 0 Å². The molecule has 122 valence electrons. The monoisotopic (exact) mass is 315 g/mol. The maximum atomic E-state index is 13.3. The SMILES string of the molecule is N#Cc1cc(F)ccc1C1CCC(C2CCN(C(N)=O)C2)CC1. The van der Waals surface area contributed by atoms with Gasteiger partial charge in [0.1, 0.15) is 5.82 Å². The molecule has 1 aliphatic heterocycles. The molecule has 3 rings (SSSR count). The summed E-state index contributed by atoms with van der Waals surface area (Å²) in [7, 11) is 0. The number of primary amides is 1. The summed E-state index contributed by atoms with van der Waals surface area (Å²) in [5.74, 6) is 1.17. The third-order valence-electron chi connectivity index (χ3n) is 5.55. The van der Waals surface area contributed by atoms with Crippen LogP contribution in [0.3, 0.4) is 0 Å². The lowest BCUT2D eigenvalue weighted by Gasteiger charge is -2.32. The molecular weight excluding hydrogens is 293 g/mol. The van der Waals surface area contributed by atoms with Crippen molar-refractivity contribution in [2.75, 3.05) is 13.1 Å². The summed E-state index contributed by atoms with van der Waals surface area (Å²) >= 11 is 0. The van der Waals surface area contributed by atoms with Gasteiger partial charge in [0.15, 0.2) is 0 Å². The number of urea groups is 1. The predicted molar refractivity (Wildman–Crippen MR) is 85.1 cm³/mol. The van der Waals surface area contributed by atoms with Gasteiger partial charge in [0.25, 0.3) is 0 Å². The fourth-order valence-corrected chi connectivity index (χ4v) is 4.26. The molecule has 1 aromatic rings. The van der Waals surface area contributed by atoms with Crippen LogP contribution in [-0.2, 0) is 0 Å². The van der Waals surface area contributed by atoms with Crippen LogP contribution >= 0.6 is 0 Å². The van der Waals surface area contributed by atoms with E-state index >= 15 is 0 Å². The van der Waals surface area contributed by atoms with E-state index in [0.717, 1.165) is 50.8 Å². The van der Waals surface area contributed by atoms with E-state index in [4.69, 9.17) is 5.73 Å². The first-order chi connectivity index (χ1) is 11.1. The van der Waals surface area contributed by atoms with Crippen molar-refractivity contribution in [1.82, 2.24) is 4.90 Å². The first-order valence-corrected chi connectivity index (χ1v) is 8.32. The maximum absolute atomic E-state index is 13.3. The normalized spacial score (nSPS) is 27.7. The summed E-state index contributed by atoms with van der Waals surface area (Å²) in [6.45, 7) is 1.56. The lowest BCUT2D eigenvalue weighted by Crippen LogP contribution is -2.34. The van der Waals surface area contributed by atoms with Crippen LogP contribution in [0, 0.1) is 29.0 Å². The second kappa shape index (κ2) is 6.57. The Labute approximate surface area is 136 Å². The van der Waals surface area contributed by atoms with E-state index in [2.05, 4.69) is 6.07 Å². The summed E-state index contributed by atoms with van der Waals surface area (Å²) in [5.41, 5.74) is 6.81. The number of hydrogen-bond donors (Lipinski definition) is 1. The molecule has 0 spiro atoms. The van der Waals surface area contributed by atoms with E-state index in [9.17, 15) is 14.4 Å². The Morgan fingerprint density at radius 2 is 1.96 bits per heavy atom. The van der Waals surface area contributed by atoms with E-state index in [-0.39, 0.29) is 11.8 Å². The minimum Gasteiger partial charge on any atom is -0.351 e. The molecule has 1 saturated carbocycles. The van der Waals surface area contributed by atoms with Gasteiger partial charge < -0.3 is 10.6 Å². The topological polar surface area (TPSA) is 70.1 Å². The van der Waals surface area contributed by atoms with Crippen molar-refractivity contribution in [3.8, 4) is 6.07 Å². The number of nitriles is 1. The zero-order chi connectivity index (χ0) is 16.4. The van der Waals surface area contributed by atoms with Crippen LogP contribution in [0.2, 0.25) is 0 Å². The predicted octanol–water partition coefficient (Wildman–Crippen LogP) is 3.37. The summed E-state index contributed by atoms with van der Waals surface area (Å²) in [6.07, 6.45) is 5.29. The Balaban J connectivity index is 1.61. The Morgan fingerprint density at radius 3 is 2.57 bits per heavy atom. The minimum absolute atomic E-state index is 0.314. The first kappa shape index (κ1) is 15.8. The molecule has 2 amide bonds. The standard InChI is InChI=1S/C18H22FN3O/c19-16-5-6-17(15(9-16)10-20)13-3-1-12(2-4-13)14-7-8-22(11-14)18(21)23/h5-6,9,12-14H,1-4,7-8,11H2,(H2,21,23). The number of carbonyl (C=O) groups excluding carboxylic acids is 1. The summed E-state index contributed by atoms with van der Waals surface area (Å²) in [5, 5.41) is 9.21. The van der Waals surface area contributed by atoms with E-state index in [1.807, 2.05) is 0 Å². The molecule has 1 heterocycles. The van der Waals surface area contributed by atoms with Gasteiger partial charge in [-0.2, -0.15) is 5.26 Å². The Morgan fingerprint density at radius 1 is 1.22 bits per heavy atom. The number of halogens is 1. The molecule has 4 nitrogen and oxygen atoms in total. The van der Waals surface area contributed by atoms with Gasteiger partial charge in [-0.15, -0.1) is 0 Å². The molecule has 1 aliphatic carbocycles. The molecule has 2 fully saturated rings. The van der Waals surface area contributed by atoms with Crippen molar-refractivity contribution in [3.05, 3.63) is 35.1 Å². The highest BCUT2D eigenvalue weighted by molar-refractivity contribution is 5.72. The number of likely N-dealkylation sites (tertiary alicyclic amines) is 1. The molecule has 0 aromatic heterocycles. The van der Waals surface area contributed by atoms with Gasteiger partial charge in [0.05, 0.1) is 11.6 Å². The van der Waals surface area contributed by atoms with Gasteiger partial charge >= 0.3 is 6.03 Å². The third-order valence-corrected chi connectivity index (χ3v) is 5.55. The molecule has 1 saturated heterocycles. The van der Waals surface area contributed by atoms with Crippen molar-refractivity contribution < 1.29 is 9.18 Å². The number of benzene rings is 1. The van der Waals surface area contributed by atoms with Gasteiger partial charge in [0, 0.05) is 13.1 Å². The fraction of sp³-hybridized carbons (Fsp3) is 0.556. The third kappa shape index (κ3) is 3.31. The highest BCUT2D eigenvalue weighted by Crippen LogP contribution is 2.42. The Bertz CT molecular complexity index is 632. The molecule has 0 bridgehead atoms. The van der Waals surface area contributed by atoms with Gasteiger partial charge in [-0.25, -0.2) is 9.18 Å². The molecule has 1 unspecified atom stereocenters. The molecular formula is C18H22FN3O. The van der Waals surface area contributed by atoms with Crippen molar-refractivity contribution in [2.24, 2.45) is 17.6 Å². The molecule has 1 atom stereocenters. The number of rotatable bonds is 2. The molecule has 5 heteroatoms. The van der Waals surface area contributed by atoms with Crippen molar-refractivity contribution >= 4 is 6.03 Å². The molecule has 0 radical (unpaired) electrons. The smallest absolute Gasteiger partial charge is 0.314 e. The van der Waals surface area contributed by atoms with Crippen molar-refractivity contribution in [1.29, 1.82) is 5.26 Å². The maximum Gasteiger partial charge on any atom is 0.314 e. The Hall–Kier alpha value is -2.09. The van der Waals surface area contributed by atoms with Crippen molar-refractivity contribution in [2.45, 2.75) is 38.0 Å². The van der Waals surface area contributed by atoms with Gasteiger partial charge in [-0.05, 0) is 67.6 Å². The van der Waals surface area contributed by atoms with Gasteiger partial charge in [0.2, 0.25) is 0 Å². The van der Waals surface area contributed by atoms with Crippen LogP contribution in [-0.4, -0.2) is 24.0 Å². The highest BCUT2D eigenvalue weighted by atomic mass is 19.1. The van der Waals surface area contributed by atoms with E-state index in [0.29, 0.717) is 23.3 Å². The number of amides is 2. The second-order valence-electron chi connectivity index (χ2n) is 6.79. The fourth-order valence-electron chi connectivity index (χ4n) is 4.26. The summed E-state index contributed by atoms with van der Waals surface area (Å²) < 4.78 is 13.3. The van der Waals surface area contributed by atoms with Gasteiger partial charge in [-0.3, -0.25) is 0 Å². The van der Waals surface area contributed by atoms with E-state index in [1.54, 1.807) is 11.0 Å². The van der Waals surface area contributed by atoms with Crippen LogP contribution < -0.4 is 5.73 Å². The molecule has 2 aliphatic rings. The first-order valence-electron chi connectivity index (χ1n) is 8.32. The second-order valence-corrected chi connectivity index (χ2v) is 6.79. The highest BCUT2D eigenvalue weighted by Gasteiger charge is 2.34. The zero-order valence-electron chi connectivity index (χ0n) is 13.2. The lowest BCUT2D eigenvalue weighted by atomic mass is 9.73.